The molecule has 2 rings (SSSR count). The van der Waals surface area contributed by atoms with Crippen LogP contribution >= 0.6 is 11.8 Å². The van der Waals surface area contributed by atoms with E-state index < -0.39 is 0 Å². The summed E-state index contributed by atoms with van der Waals surface area (Å²) < 4.78 is 2.09. The van der Waals surface area contributed by atoms with Gasteiger partial charge in [-0.15, -0.1) is 0 Å². The second-order valence-electron chi connectivity index (χ2n) is 5.32. The van der Waals surface area contributed by atoms with Gasteiger partial charge in [-0.25, -0.2) is 4.98 Å². The van der Waals surface area contributed by atoms with E-state index in [1.54, 1.807) is 0 Å². The number of thioether (sulfide) groups is 1. The summed E-state index contributed by atoms with van der Waals surface area (Å²) in [5, 5.41) is 5.25. The first-order valence-electron chi connectivity index (χ1n) is 6.57. The molecule has 100 valence electrons. The van der Waals surface area contributed by atoms with E-state index in [1.807, 2.05) is 30.5 Å². The number of imidazole rings is 1. The molecule has 0 saturated heterocycles. The van der Waals surface area contributed by atoms with Crippen molar-refractivity contribution in [1.29, 1.82) is 0 Å². The maximum absolute atomic E-state index is 4.58. The lowest BCUT2D eigenvalue weighted by Crippen LogP contribution is -2.33. The van der Waals surface area contributed by atoms with Gasteiger partial charge < -0.3 is 9.88 Å². The first-order chi connectivity index (χ1) is 8.63. The highest BCUT2D eigenvalue weighted by atomic mass is 32.2. The average molecular weight is 266 g/mol. The lowest BCUT2D eigenvalue weighted by atomic mass is 10.1. The van der Waals surface area contributed by atoms with Gasteiger partial charge in [-0.05, 0) is 19.3 Å². The third-order valence-electron chi connectivity index (χ3n) is 2.86. The van der Waals surface area contributed by atoms with E-state index in [0.29, 0.717) is 11.3 Å². The summed E-state index contributed by atoms with van der Waals surface area (Å²) in [5.41, 5.74) is 0. The molecule has 2 atom stereocenters. The van der Waals surface area contributed by atoms with Crippen molar-refractivity contribution in [2.24, 2.45) is 10.9 Å². The molecule has 18 heavy (non-hydrogen) atoms. The fraction of sp³-hybridized carbons (Fsp3) is 0.692. The Kier molecular flexibility index (Phi) is 4.69. The summed E-state index contributed by atoms with van der Waals surface area (Å²) in [7, 11) is 0. The summed E-state index contributed by atoms with van der Waals surface area (Å²) in [6.07, 6.45) is 6.90. The van der Waals surface area contributed by atoms with Crippen LogP contribution in [0.15, 0.2) is 23.7 Å². The molecule has 1 aliphatic heterocycles. The maximum atomic E-state index is 4.58. The van der Waals surface area contributed by atoms with Crippen LogP contribution in [0.25, 0.3) is 0 Å². The predicted molar refractivity (Wildman–Crippen MR) is 78.0 cm³/mol. The smallest absolute Gasteiger partial charge is 0.157 e. The Labute approximate surface area is 113 Å². The van der Waals surface area contributed by atoms with Crippen LogP contribution < -0.4 is 5.32 Å². The number of hydrogen-bond acceptors (Lipinski definition) is 4. The number of aromatic nitrogens is 2. The Balaban J connectivity index is 1.74. The zero-order valence-corrected chi connectivity index (χ0v) is 12.2. The molecule has 0 spiro atoms. The number of hydrogen-bond donors (Lipinski definition) is 1. The molecule has 1 aliphatic rings. The monoisotopic (exact) mass is 266 g/mol. The van der Waals surface area contributed by atoms with Crippen LogP contribution in [0.3, 0.4) is 0 Å². The Bertz CT molecular complexity index is 386. The molecule has 4 nitrogen and oxygen atoms in total. The van der Waals surface area contributed by atoms with Gasteiger partial charge in [0.05, 0.1) is 12.9 Å². The van der Waals surface area contributed by atoms with E-state index >= 15 is 0 Å². The van der Waals surface area contributed by atoms with Crippen molar-refractivity contribution >= 4 is 16.9 Å². The Morgan fingerprint density at radius 1 is 1.50 bits per heavy atom. The van der Waals surface area contributed by atoms with Crippen molar-refractivity contribution in [1.82, 2.24) is 14.9 Å². The second-order valence-corrected chi connectivity index (χ2v) is 6.61. The first-order valence-corrected chi connectivity index (χ1v) is 7.45. The van der Waals surface area contributed by atoms with E-state index in [4.69, 9.17) is 0 Å². The third kappa shape index (κ3) is 4.05. The van der Waals surface area contributed by atoms with Crippen molar-refractivity contribution in [3.8, 4) is 0 Å². The van der Waals surface area contributed by atoms with Gasteiger partial charge in [0.2, 0.25) is 0 Å². The van der Waals surface area contributed by atoms with Gasteiger partial charge in [-0.1, -0.05) is 25.6 Å². The number of nitrogens with zero attached hydrogens (tertiary/aromatic N) is 3. The van der Waals surface area contributed by atoms with Gasteiger partial charge in [-0.3, -0.25) is 4.99 Å². The van der Waals surface area contributed by atoms with Crippen LogP contribution in [0, 0.1) is 5.92 Å². The van der Waals surface area contributed by atoms with E-state index in [9.17, 15) is 0 Å². The molecule has 2 heterocycles. The number of amidine groups is 1. The molecule has 0 amide bonds. The Morgan fingerprint density at radius 3 is 3.00 bits per heavy atom. The molecule has 0 aromatic carbocycles. The lowest BCUT2D eigenvalue weighted by Gasteiger charge is -2.16. The summed E-state index contributed by atoms with van der Waals surface area (Å²) in [5.74, 6) is 0.750. The summed E-state index contributed by atoms with van der Waals surface area (Å²) in [6.45, 7) is 8.61. The topological polar surface area (TPSA) is 42.2 Å². The van der Waals surface area contributed by atoms with Crippen LogP contribution in [0.2, 0.25) is 0 Å². The highest BCUT2D eigenvalue weighted by Crippen LogP contribution is 2.25. The highest BCUT2D eigenvalue weighted by Gasteiger charge is 2.21. The molecule has 0 bridgehead atoms. The van der Waals surface area contributed by atoms with Crippen LogP contribution in [0.1, 0.15) is 27.2 Å². The minimum Gasteiger partial charge on any atom is -0.361 e. The normalized spacial score (nSPS) is 21.1. The third-order valence-corrected chi connectivity index (χ3v) is 4.01. The van der Waals surface area contributed by atoms with Crippen LogP contribution in [-0.4, -0.2) is 32.6 Å². The summed E-state index contributed by atoms with van der Waals surface area (Å²) >= 11 is 1.89. The van der Waals surface area contributed by atoms with E-state index in [1.165, 1.54) is 6.42 Å². The molecule has 5 heteroatoms. The Hall–Kier alpha value is -0.970. The van der Waals surface area contributed by atoms with Gasteiger partial charge in [-0.2, -0.15) is 0 Å². The molecule has 1 N–H and O–H groups in total. The standard InChI is InChI=1S/C13H22N4S/c1-10(2)6-12-7-15-13(18-12)16-11(3)8-17-5-4-14-9-17/h4-5,9-12H,6-8H2,1-3H3,(H,15,16). The van der Waals surface area contributed by atoms with E-state index in [-0.39, 0.29) is 0 Å². The van der Waals surface area contributed by atoms with Crippen molar-refractivity contribution in [2.75, 3.05) is 6.54 Å². The number of aliphatic imine (C=N–C) groups is 1. The van der Waals surface area contributed by atoms with Gasteiger partial charge in [0.1, 0.15) is 0 Å². The molecule has 0 saturated carbocycles. The van der Waals surface area contributed by atoms with Gasteiger partial charge in [0.15, 0.2) is 5.17 Å². The van der Waals surface area contributed by atoms with Gasteiger partial charge in [0.25, 0.3) is 0 Å². The van der Waals surface area contributed by atoms with Crippen molar-refractivity contribution < 1.29 is 0 Å². The molecule has 0 radical (unpaired) electrons. The molecular formula is C13H22N4S. The van der Waals surface area contributed by atoms with Crippen molar-refractivity contribution in [3.63, 3.8) is 0 Å². The molecule has 0 aliphatic carbocycles. The minimum atomic E-state index is 0.378. The second kappa shape index (κ2) is 6.27. The van der Waals surface area contributed by atoms with E-state index in [0.717, 1.165) is 24.2 Å². The summed E-state index contributed by atoms with van der Waals surface area (Å²) in [4.78, 5) is 8.63. The molecule has 1 aromatic heterocycles. The molecule has 2 unspecified atom stereocenters. The fourth-order valence-electron chi connectivity index (χ4n) is 2.11. The van der Waals surface area contributed by atoms with Gasteiger partial charge in [0, 0.05) is 30.2 Å². The summed E-state index contributed by atoms with van der Waals surface area (Å²) in [6, 6.07) is 0.378. The highest BCUT2D eigenvalue weighted by molar-refractivity contribution is 8.14. The molecule has 0 fully saturated rings. The predicted octanol–water partition coefficient (Wildman–Crippen LogP) is 2.38. The zero-order chi connectivity index (χ0) is 13.0. The number of nitrogens with one attached hydrogen (secondary N) is 1. The van der Waals surface area contributed by atoms with E-state index in [2.05, 4.69) is 40.6 Å². The minimum absolute atomic E-state index is 0.378. The quantitative estimate of drug-likeness (QED) is 0.889. The van der Waals surface area contributed by atoms with Crippen molar-refractivity contribution in [3.05, 3.63) is 18.7 Å². The van der Waals surface area contributed by atoms with Crippen LogP contribution in [0.4, 0.5) is 0 Å². The maximum Gasteiger partial charge on any atom is 0.157 e. The lowest BCUT2D eigenvalue weighted by molar-refractivity contribution is 0.548. The van der Waals surface area contributed by atoms with Crippen LogP contribution in [-0.2, 0) is 6.54 Å². The van der Waals surface area contributed by atoms with Gasteiger partial charge >= 0.3 is 0 Å². The fourth-order valence-corrected chi connectivity index (χ4v) is 3.48. The van der Waals surface area contributed by atoms with Crippen LogP contribution in [0.5, 0.6) is 0 Å². The first kappa shape index (κ1) is 13.5. The molecular weight excluding hydrogens is 244 g/mol. The Morgan fingerprint density at radius 2 is 2.33 bits per heavy atom. The largest absolute Gasteiger partial charge is 0.361 e. The van der Waals surface area contributed by atoms with Crippen molar-refractivity contribution in [2.45, 2.75) is 45.0 Å². The zero-order valence-electron chi connectivity index (χ0n) is 11.3. The average Bonchev–Trinajstić information content (AvgIpc) is 2.89. The number of rotatable bonds is 5. The SMILES string of the molecule is CC(C)CC1CN=C(NC(C)Cn2ccnc2)S1. The molecule has 1 aromatic rings.